The third kappa shape index (κ3) is 4.69. The lowest BCUT2D eigenvalue weighted by molar-refractivity contribution is 0.206. The number of rotatable bonds is 5. The van der Waals surface area contributed by atoms with Crippen molar-refractivity contribution in [2.24, 2.45) is 5.73 Å². The quantitative estimate of drug-likeness (QED) is 0.452. The Labute approximate surface area is 85.2 Å². The molecule has 0 saturated heterocycles. The third-order valence-electron chi connectivity index (χ3n) is 2.11. The number of hydrogen-bond acceptors (Lipinski definition) is 2. The molecule has 5 heteroatoms. The molecule has 0 fully saturated rings. The number of nitrogens with two attached hydrogens (primary N) is 1. The van der Waals surface area contributed by atoms with E-state index in [0.717, 1.165) is 6.42 Å². The van der Waals surface area contributed by atoms with E-state index in [4.69, 9.17) is 11.1 Å². The van der Waals surface area contributed by atoms with Gasteiger partial charge in [-0.2, -0.15) is 0 Å². The maximum Gasteiger partial charge on any atom is 0.317 e. The molecular formula is C9H20N4O. The summed E-state index contributed by atoms with van der Waals surface area (Å²) in [5, 5.41) is 9.95. The fourth-order valence-electron chi connectivity index (χ4n) is 0.991. The summed E-state index contributed by atoms with van der Waals surface area (Å²) in [4.78, 5) is 13.0. The number of nitrogens with zero attached hydrogens (tertiary/aromatic N) is 1. The molecule has 0 radical (unpaired) electrons. The second-order valence-corrected chi connectivity index (χ2v) is 3.30. The zero-order valence-corrected chi connectivity index (χ0v) is 9.13. The van der Waals surface area contributed by atoms with E-state index in [9.17, 15) is 4.79 Å². The van der Waals surface area contributed by atoms with Crippen LogP contribution in [0.1, 0.15) is 26.7 Å². The average molecular weight is 200 g/mol. The van der Waals surface area contributed by atoms with E-state index < -0.39 is 0 Å². The summed E-state index contributed by atoms with van der Waals surface area (Å²) in [6, 6.07) is -0.144. The van der Waals surface area contributed by atoms with Crippen molar-refractivity contribution in [3.8, 4) is 0 Å². The lowest BCUT2D eigenvalue weighted by atomic mass is 10.1. The van der Waals surface area contributed by atoms with Gasteiger partial charge in [-0.05, 0) is 13.3 Å². The first-order valence-corrected chi connectivity index (χ1v) is 4.85. The number of amidine groups is 1. The van der Waals surface area contributed by atoms with E-state index in [-0.39, 0.29) is 17.9 Å². The number of nitrogens with one attached hydrogen (secondary N) is 2. The van der Waals surface area contributed by atoms with Gasteiger partial charge in [-0.25, -0.2) is 4.79 Å². The van der Waals surface area contributed by atoms with Crippen LogP contribution in [0.2, 0.25) is 0 Å². The minimum absolute atomic E-state index is 0.0333. The SMILES string of the molecule is CCC(CC(=N)N)NC(=O)N(C)CC. The molecule has 82 valence electrons. The normalized spacial score (nSPS) is 11.9. The van der Waals surface area contributed by atoms with Crippen LogP contribution in [0, 0.1) is 5.41 Å². The number of urea groups is 1. The maximum atomic E-state index is 11.4. The molecule has 0 heterocycles. The molecule has 2 amide bonds. The van der Waals surface area contributed by atoms with E-state index in [1.165, 1.54) is 0 Å². The highest BCUT2D eigenvalue weighted by Gasteiger charge is 2.13. The zero-order chi connectivity index (χ0) is 11.1. The minimum atomic E-state index is -0.111. The summed E-state index contributed by atoms with van der Waals surface area (Å²) in [7, 11) is 1.73. The molecule has 1 unspecified atom stereocenters. The van der Waals surface area contributed by atoms with Crippen molar-refractivity contribution < 1.29 is 4.79 Å². The smallest absolute Gasteiger partial charge is 0.317 e. The lowest BCUT2D eigenvalue weighted by Crippen LogP contribution is -2.44. The molecule has 0 aliphatic rings. The number of amides is 2. The molecule has 0 bridgehead atoms. The van der Waals surface area contributed by atoms with E-state index in [1.54, 1.807) is 11.9 Å². The lowest BCUT2D eigenvalue weighted by Gasteiger charge is -2.21. The number of hydrogen-bond donors (Lipinski definition) is 3. The Balaban J connectivity index is 4.04. The van der Waals surface area contributed by atoms with Gasteiger partial charge in [0, 0.05) is 26.1 Å². The first kappa shape index (κ1) is 12.7. The predicted octanol–water partition coefficient (Wildman–Crippen LogP) is 0.752. The number of carbonyl (C=O) groups excluding carboxylic acids is 1. The van der Waals surface area contributed by atoms with Crippen LogP contribution in [0.25, 0.3) is 0 Å². The molecule has 0 aliphatic carbocycles. The van der Waals surface area contributed by atoms with E-state index in [2.05, 4.69) is 5.32 Å². The van der Waals surface area contributed by atoms with Crippen molar-refractivity contribution in [3.63, 3.8) is 0 Å². The van der Waals surface area contributed by atoms with Crippen molar-refractivity contribution in [2.75, 3.05) is 13.6 Å². The first-order chi connectivity index (χ1) is 6.51. The van der Waals surface area contributed by atoms with Crippen molar-refractivity contribution in [3.05, 3.63) is 0 Å². The van der Waals surface area contributed by atoms with Crippen molar-refractivity contribution >= 4 is 11.9 Å². The van der Waals surface area contributed by atoms with Crippen molar-refractivity contribution in [2.45, 2.75) is 32.7 Å². The Hall–Kier alpha value is -1.26. The van der Waals surface area contributed by atoms with Gasteiger partial charge in [-0.1, -0.05) is 6.92 Å². The van der Waals surface area contributed by atoms with Crippen LogP contribution in [0.3, 0.4) is 0 Å². The van der Waals surface area contributed by atoms with Gasteiger partial charge in [0.25, 0.3) is 0 Å². The van der Waals surface area contributed by atoms with Crippen molar-refractivity contribution in [1.82, 2.24) is 10.2 Å². The molecule has 5 nitrogen and oxygen atoms in total. The van der Waals surface area contributed by atoms with Gasteiger partial charge in [-0.3, -0.25) is 5.41 Å². The Morgan fingerprint density at radius 1 is 1.57 bits per heavy atom. The molecule has 0 aromatic heterocycles. The maximum absolute atomic E-state index is 11.4. The molecule has 0 rings (SSSR count). The van der Waals surface area contributed by atoms with E-state index >= 15 is 0 Å². The van der Waals surface area contributed by atoms with E-state index in [1.807, 2.05) is 13.8 Å². The molecular weight excluding hydrogens is 180 g/mol. The van der Waals surface area contributed by atoms with Crippen LogP contribution in [-0.4, -0.2) is 36.4 Å². The summed E-state index contributed by atoms with van der Waals surface area (Å²) in [5.41, 5.74) is 5.27. The summed E-state index contributed by atoms with van der Waals surface area (Å²) in [6.45, 7) is 4.54. The predicted molar refractivity (Wildman–Crippen MR) is 57.4 cm³/mol. The molecule has 14 heavy (non-hydrogen) atoms. The second kappa shape index (κ2) is 6.23. The highest BCUT2D eigenvalue weighted by Crippen LogP contribution is 1.98. The van der Waals surface area contributed by atoms with Crippen LogP contribution >= 0.6 is 0 Å². The third-order valence-corrected chi connectivity index (χ3v) is 2.11. The fraction of sp³-hybridized carbons (Fsp3) is 0.778. The molecule has 1 atom stereocenters. The van der Waals surface area contributed by atoms with Gasteiger partial charge < -0.3 is 16.0 Å². The molecule has 0 aliphatic heterocycles. The zero-order valence-electron chi connectivity index (χ0n) is 9.13. The first-order valence-electron chi connectivity index (χ1n) is 4.85. The van der Waals surface area contributed by atoms with Gasteiger partial charge >= 0.3 is 6.03 Å². The molecule has 0 spiro atoms. The van der Waals surface area contributed by atoms with Gasteiger partial charge in [0.05, 0.1) is 5.84 Å². The van der Waals surface area contributed by atoms with Crippen LogP contribution in [0.15, 0.2) is 0 Å². The van der Waals surface area contributed by atoms with Crippen LogP contribution in [0.4, 0.5) is 4.79 Å². The summed E-state index contributed by atoms with van der Waals surface area (Å²) >= 11 is 0. The van der Waals surface area contributed by atoms with Crippen LogP contribution in [-0.2, 0) is 0 Å². The van der Waals surface area contributed by atoms with Crippen LogP contribution in [0.5, 0.6) is 0 Å². The summed E-state index contributed by atoms with van der Waals surface area (Å²) in [6.07, 6.45) is 1.20. The Morgan fingerprint density at radius 2 is 2.14 bits per heavy atom. The highest BCUT2D eigenvalue weighted by molar-refractivity contribution is 5.79. The second-order valence-electron chi connectivity index (χ2n) is 3.30. The molecule has 0 aromatic rings. The summed E-state index contributed by atoms with van der Waals surface area (Å²) in [5.74, 6) is 0.108. The average Bonchev–Trinajstić information content (AvgIpc) is 2.14. The molecule has 0 saturated carbocycles. The molecule has 4 N–H and O–H groups in total. The molecule has 0 aromatic carbocycles. The minimum Gasteiger partial charge on any atom is -0.388 e. The highest BCUT2D eigenvalue weighted by atomic mass is 16.2. The summed E-state index contributed by atoms with van der Waals surface area (Å²) < 4.78 is 0. The standard InChI is InChI=1S/C9H20N4O/c1-4-7(6-8(10)11)12-9(14)13(3)5-2/h7H,4-6H2,1-3H3,(H3,10,11)(H,12,14). The van der Waals surface area contributed by atoms with Gasteiger partial charge in [0.15, 0.2) is 0 Å². The Bertz CT molecular complexity index is 205. The van der Waals surface area contributed by atoms with Gasteiger partial charge in [0.1, 0.15) is 0 Å². The monoisotopic (exact) mass is 200 g/mol. The van der Waals surface area contributed by atoms with Gasteiger partial charge in [0.2, 0.25) is 0 Å². The van der Waals surface area contributed by atoms with Crippen LogP contribution < -0.4 is 11.1 Å². The number of carbonyl (C=O) groups is 1. The fourth-order valence-corrected chi connectivity index (χ4v) is 0.991. The largest absolute Gasteiger partial charge is 0.388 e. The van der Waals surface area contributed by atoms with Gasteiger partial charge in [-0.15, -0.1) is 0 Å². The van der Waals surface area contributed by atoms with Crippen molar-refractivity contribution in [1.29, 1.82) is 5.41 Å². The van der Waals surface area contributed by atoms with E-state index in [0.29, 0.717) is 13.0 Å². The Kier molecular flexibility index (Phi) is 5.67. The Morgan fingerprint density at radius 3 is 2.50 bits per heavy atom. The topological polar surface area (TPSA) is 82.2 Å².